The van der Waals surface area contributed by atoms with Crippen LogP contribution in [0.1, 0.15) is 54.9 Å². The van der Waals surface area contributed by atoms with Crippen molar-refractivity contribution in [2.45, 2.75) is 50.7 Å². The lowest BCUT2D eigenvalue weighted by Gasteiger charge is -2.31. The number of aromatic nitrogens is 5. The van der Waals surface area contributed by atoms with E-state index in [9.17, 15) is 0 Å². The van der Waals surface area contributed by atoms with E-state index in [1.807, 2.05) is 23.1 Å². The predicted octanol–water partition coefficient (Wildman–Crippen LogP) is 3.24. The molecule has 140 valence electrons. The molecule has 1 aliphatic carbocycles. The zero-order valence-corrected chi connectivity index (χ0v) is 15.6. The molecule has 0 bridgehead atoms. The van der Waals surface area contributed by atoms with Crippen molar-refractivity contribution >= 4 is 0 Å². The van der Waals surface area contributed by atoms with E-state index in [2.05, 4.69) is 55.1 Å². The summed E-state index contributed by atoms with van der Waals surface area (Å²) in [4.78, 5) is 2.56. The van der Waals surface area contributed by atoms with Gasteiger partial charge in [0, 0.05) is 30.9 Å². The van der Waals surface area contributed by atoms with Crippen LogP contribution in [0.4, 0.5) is 0 Å². The molecule has 0 atom stereocenters. The highest BCUT2D eigenvalue weighted by Crippen LogP contribution is 2.40. The second-order valence-corrected chi connectivity index (χ2v) is 7.82. The number of hydrogen-bond acceptors (Lipinski definition) is 4. The van der Waals surface area contributed by atoms with Gasteiger partial charge in [0.25, 0.3) is 0 Å². The van der Waals surface area contributed by atoms with Crippen LogP contribution in [-0.2, 0) is 13.1 Å². The highest BCUT2D eigenvalue weighted by atomic mass is 15.3. The first-order valence-electron chi connectivity index (χ1n) is 10.0. The summed E-state index contributed by atoms with van der Waals surface area (Å²) in [6, 6.07) is 13.3. The SMILES string of the molecule is c1ccc(CN2CCC(c3nnc(Cn4cccn4)n3C3CC3)CC2)cc1. The largest absolute Gasteiger partial charge is 0.310 e. The van der Waals surface area contributed by atoms with Gasteiger partial charge in [0.2, 0.25) is 0 Å². The summed E-state index contributed by atoms with van der Waals surface area (Å²) in [6.07, 6.45) is 8.65. The van der Waals surface area contributed by atoms with Crippen molar-refractivity contribution in [2.24, 2.45) is 0 Å². The normalized spacial score (nSPS) is 18.8. The van der Waals surface area contributed by atoms with E-state index in [1.54, 1.807) is 0 Å². The van der Waals surface area contributed by atoms with E-state index in [0.717, 1.165) is 25.5 Å². The first-order valence-corrected chi connectivity index (χ1v) is 10.0. The number of likely N-dealkylation sites (tertiary alicyclic amines) is 1. The summed E-state index contributed by atoms with van der Waals surface area (Å²) in [5.74, 6) is 2.79. The lowest BCUT2D eigenvalue weighted by atomic mass is 9.95. The van der Waals surface area contributed by atoms with E-state index in [4.69, 9.17) is 0 Å². The quantitative estimate of drug-likeness (QED) is 0.675. The maximum atomic E-state index is 4.64. The molecule has 5 rings (SSSR count). The Bertz CT molecular complexity index is 857. The molecule has 1 saturated carbocycles. The van der Waals surface area contributed by atoms with Crippen LogP contribution in [0.5, 0.6) is 0 Å². The molecule has 0 N–H and O–H groups in total. The van der Waals surface area contributed by atoms with Gasteiger partial charge in [0.1, 0.15) is 12.4 Å². The third-order valence-electron chi connectivity index (χ3n) is 5.77. The zero-order valence-electron chi connectivity index (χ0n) is 15.6. The van der Waals surface area contributed by atoms with Crippen molar-refractivity contribution in [1.29, 1.82) is 0 Å². The lowest BCUT2D eigenvalue weighted by molar-refractivity contribution is 0.200. The molecule has 2 fully saturated rings. The molecule has 0 radical (unpaired) electrons. The molecule has 6 heteroatoms. The average molecular weight is 362 g/mol. The van der Waals surface area contributed by atoms with Crippen molar-refractivity contribution in [2.75, 3.05) is 13.1 Å². The Kier molecular flexibility index (Phi) is 4.49. The monoisotopic (exact) mass is 362 g/mol. The van der Waals surface area contributed by atoms with E-state index >= 15 is 0 Å². The van der Waals surface area contributed by atoms with E-state index in [-0.39, 0.29) is 0 Å². The number of nitrogens with zero attached hydrogens (tertiary/aromatic N) is 6. The van der Waals surface area contributed by atoms with Gasteiger partial charge >= 0.3 is 0 Å². The lowest BCUT2D eigenvalue weighted by Crippen LogP contribution is -2.33. The molecule has 3 heterocycles. The molecular weight excluding hydrogens is 336 g/mol. The van der Waals surface area contributed by atoms with E-state index in [1.165, 1.54) is 37.1 Å². The molecule has 2 aliphatic rings. The minimum absolute atomic E-state index is 0.525. The van der Waals surface area contributed by atoms with Crippen LogP contribution >= 0.6 is 0 Å². The Hall–Kier alpha value is -2.47. The van der Waals surface area contributed by atoms with Gasteiger partial charge in [0.15, 0.2) is 5.82 Å². The van der Waals surface area contributed by atoms with Gasteiger partial charge in [-0.25, -0.2) is 0 Å². The fourth-order valence-corrected chi connectivity index (χ4v) is 4.18. The van der Waals surface area contributed by atoms with Crippen molar-refractivity contribution in [1.82, 2.24) is 29.4 Å². The van der Waals surface area contributed by atoms with Gasteiger partial charge in [-0.15, -0.1) is 10.2 Å². The molecule has 0 amide bonds. The van der Waals surface area contributed by atoms with Crippen LogP contribution in [0.2, 0.25) is 0 Å². The minimum Gasteiger partial charge on any atom is -0.310 e. The average Bonchev–Trinajstić information content (AvgIpc) is 3.25. The smallest absolute Gasteiger partial charge is 0.155 e. The van der Waals surface area contributed by atoms with Crippen LogP contribution in [-0.4, -0.2) is 42.5 Å². The Labute approximate surface area is 159 Å². The molecule has 1 aromatic carbocycles. The number of rotatable bonds is 6. The van der Waals surface area contributed by atoms with Gasteiger partial charge < -0.3 is 4.57 Å². The summed E-state index contributed by atoms with van der Waals surface area (Å²) in [5.41, 5.74) is 1.40. The highest BCUT2D eigenvalue weighted by molar-refractivity contribution is 5.15. The molecular formula is C21H26N6. The van der Waals surface area contributed by atoms with Crippen LogP contribution in [0.15, 0.2) is 48.8 Å². The third-order valence-corrected chi connectivity index (χ3v) is 5.77. The van der Waals surface area contributed by atoms with Gasteiger partial charge in [0.05, 0.1) is 0 Å². The van der Waals surface area contributed by atoms with Crippen molar-refractivity contribution in [3.8, 4) is 0 Å². The summed E-state index contributed by atoms with van der Waals surface area (Å²) in [6.45, 7) is 4.02. The van der Waals surface area contributed by atoms with Crippen molar-refractivity contribution < 1.29 is 0 Å². The van der Waals surface area contributed by atoms with Gasteiger partial charge in [-0.05, 0) is 50.4 Å². The molecule has 1 saturated heterocycles. The Morgan fingerprint density at radius 2 is 1.70 bits per heavy atom. The molecule has 6 nitrogen and oxygen atoms in total. The topological polar surface area (TPSA) is 51.8 Å². The number of hydrogen-bond donors (Lipinski definition) is 0. The van der Waals surface area contributed by atoms with Crippen LogP contribution in [0.3, 0.4) is 0 Å². The first-order chi connectivity index (χ1) is 13.4. The molecule has 0 unspecified atom stereocenters. The highest BCUT2D eigenvalue weighted by Gasteiger charge is 2.33. The summed E-state index contributed by atoms with van der Waals surface area (Å²) in [5, 5.41) is 13.5. The van der Waals surface area contributed by atoms with Gasteiger partial charge in [-0.2, -0.15) is 5.10 Å². The van der Waals surface area contributed by atoms with Crippen molar-refractivity contribution in [3.63, 3.8) is 0 Å². The third kappa shape index (κ3) is 3.67. The zero-order chi connectivity index (χ0) is 18.1. The minimum atomic E-state index is 0.525. The Morgan fingerprint density at radius 1 is 0.889 bits per heavy atom. The molecule has 3 aromatic rings. The van der Waals surface area contributed by atoms with Crippen LogP contribution in [0.25, 0.3) is 0 Å². The van der Waals surface area contributed by atoms with Crippen molar-refractivity contribution in [3.05, 3.63) is 66.0 Å². The van der Waals surface area contributed by atoms with Crippen LogP contribution in [0, 0.1) is 0 Å². The predicted molar refractivity (Wildman–Crippen MR) is 103 cm³/mol. The standard InChI is InChI=1S/C21H26N6/c1-2-5-17(6-3-1)15-25-13-9-18(10-14-25)21-24-23-20(27(21)19-7-8-19)16-26-12-4-11-22-26/h1-6,11-12,18-19H,7-10,13-16H2. The summed E-state index contributed by atoms with van der Waals surface area (Å²) < 4.78 is 4.37. The van der Waals surface area contributed by atoms with E-state index < -0.39 is 0 Å². The molecule has 1 aliphatic heterocycles. The number of benzene rings is 1. The summed E-state index contributed by atoms with van der Waals surface area (Å²) in [7, 11) is 0. The fraction of sp³-hybridized carbons (Fsp3) is 0.476. The maximum Gasteiger partial charge on any atom is 0.155 e. The second kappa shape index (κ2) is 7.27. The fourth-order valence-electron chi connectivity index (χ4n) is 4.18. The summed E-state index contributed by atoms with van der Waals surface area (Å²) >= 11 is 0. The molecule has 27 heavy (non-hydrogen) atoms. The number of piperidine rings is 1. The Morgan fingerprint density at radius 3 is 2.41 bits per heavy atom. The van der Waals surface area contributed by atoms with Crippen LogP contribution < -0.4 is 0 Å². The van der Waals surface area contributed by atoms with E-state index in [0.29, 0.717) is 18.5 Å². The Balaban J connectivity index is 1.27. The second-order valence-electron chi connectivity index (χ2n) is 7.82. The first kappa shape index (κ1) is 16.7. The van der Waals surface area contributed by atoms with Gasteiger partial charge in [-0.3, -0.25) is 9.58 Å². The maximum absolute atomic E-state index is 4.64. The molecule has 0 spiro atoms. The molecule has 2 aromatic heterocycles. The van der Waals surface area contributed by atoms with Gasteiger partial charge in [-0.1, -0.05) is 30.3 Å².